The molecule has 0 radical (unpaired) electrons. The van der Waals surface area contributed by atoms with Gasteiger partial charge in [0, 0.05) is 36.4 Å². The third-order valence-electron chi connectivity index (χ3n) is 7.91. The third-order valence-corrected chi connectivity index (χ3v) is 8.41. The molecule has 3 aliphatic rings. The Balaban J connectivity index is 0.00000110. The second-order valence-electron chi connectivity index (χ2n) is 9.69. The minimum Gasteiger partial charge on any atom is -0.453 e. The van der Waals surface area contributed by atoms with E-state index >= 15 is 0 Å². The zero-order valence-electron chi connectivity index (χ0n) is 22.2. The molecule has 1 saturated heterocycles. The van der Waals surface area contributed by atoms with Crippen molar-refractivity contribution in [3.8, 4) is 0 Å². The molecule has 0 spiro atoms. The normalized spacial score (nSPS) is 22.4. The van der Waals surface area contributed by atoms with Crippen molar-refractivity contribution in [3.63, 3.8) is 0 Å². The molecule has 1 N–H and O–H groups in total. The highest BCUT2D eigenvalue weighted by Crippen LogP contribution is 2.47. The summed E-state index contributed by atoms with van der Waals surface area (Å²) in [4.78, 5) is 28.5. The second-order valence-corrected chi connectivity index (χ2v) is 10.3. The number of benzene rings is 3. The van der Waals surface area contributed by atoms with Gasteiger partial charge in [0.25, 0.3) is 5.91 Å². The van der Waals surface area contributed by atoms with Gasteiger partial charge in [0.1, 0.15) is 0 Å². The van der Waals surface area contributed by atoms with Gasteiger partial charge in [-0.05, 0) is 47.2 Å². The number of alkyl carbamates (subject to hydrolysis) is 1. The number of para-hydroxylation sites is 1. The van der Waals surface area contributed by atoms with E-state index in [1.807, 2.05) is 43.0 Å². The Bertz CT molecular complexity index is 1320. The lowest BCUT2D eigenvalue weighted by Crippen LogP contribution is -2.51. The topological polar surface area (TPSA) is 61.9 Å². The number of rotatable bonds is 4. The molecular formula is C30H36ClN3O3S. The summed E-state index contributed by atoms with van der Waals surface area (Å²) in [7, 11) is 1.30. The summed E-state index contributed by atoms with van der Waals surface area (Å²) in [5.41, 5.74) is 4.44. The number of alkyl halides is 1. The number of anilines is 1. The molecule has 2 atom stereocenters. The first-order chi connectivity index (χ1) is 18.0. The highest BCUT2D eigenvalue weighted by Gasteiger charge is 2.52. The van der Waals surface area contributed by atoms with Gasteiger partial charge in [-0.2, -0.15) is 13.5 Å². The first-order valence-electron chi connectivity index (χ1n) is 13.2. The lowest BCUT2D eigenvalue weighted by atomic mass is 9.98. The van der Waals surface area contributed by atoms with Crippen LogP contribution in [0.4, 0.5) is 10.5 Å². The number of carbonyl (C=O) groups is 2. The number of hydrogen-bond acceptors (Lipinski definition) is 4. The van der Waals surface area contributed by atoms with E-state index in [1.165, 1.54) is 29.0 Å². The number of nitrogens with one attached hydrogen (secondary N) is 1. The zero-order valence-corrected chi connectivity index (χ0v) is 23.9. The molecule has 38 heavy (non-hydrogen) atoms. The van der Waals surface area contributed by atoms with Crippen molar-refractivity contribution >= 4 is 53.6 Å². The summed E-state index contributed by atoms with van der Waals surface area (Å²) in [6.07, 6.45) is 2.19. The zero-order chi connectivity index (χ0) is 26.2. The summed E-state index contributed by atoms with van der Waals surface area (Å²) < 4.78 is 4.69. The Kier molecular flexibility index (Phi) is 8.60. The van der Waals surface area contributed by atoms with Crippen LogP contribution >= 0.6 is 25.1 Å². The summed E-state index contributed by atoms with van der Waals surface area (Å²) in [6, 6.07) is 21.3. The van der Waals surface area contributed by atoms with E-state index < -0.39 is 11.0 Å². The molecule has 1 fully saturated rings. The second kappa shape index (κ2) is 11.6. The van der Waals surface area contributed by atoms with Gasteiger partial charge in [-0.1, -0.05) is 68.4 Å². The highest BCUT2D eigenvalue weighted by molar-refractivity contribution is 7.59. The van der Waals surface area contributed by atoms with E-state index in [2.05, 4.69) is 51.4 Å². The van der Waals surface area contributed by atoms with E-state index in [-0.39, 0.29) is 32.0 Å². The van der Waals surface area contributed by atoms with Crippen LogP contribution in [0.5, 0.6) is 0 Å². The van der Waals surface area contributed by atoms with Crippen LogP contribution < -0.4 is 10.2 Å². The average molecular weight is 554 g/mol. The molecule has 1 aliphatic carbocycles. The van der Waals surface area contributed by atoms with Crippen LogP contribution in [0.15, 0.2) is 60.7 Å². The number of nitrogens with zero attached hydrogens (tertiary/aromatic N) is 2. The molecule has 6 rings (SSSR count). The number of hydrogen-bond donors (Lipinski definition) is 1. The third kappa shape index (κ3) is 4.65. The largest absolute Gasteiger partial charge is 0.453 e. The van der Waals surface area contributed by atoms with Crippen molar-refractivity contribution in [1.29, 1.82) is 0 Å². The molecule has 3 aromatic carbocycles. The standard InChI is InChI=1S/C28H28ClN3O3.C2H6.H2S/c1-35-27(34)30-17-28(29)22-10-2-3-11-23(22)32(26(28)33)20-12-14-31(15-13-20)24-16-19-8-4-6-18-7-5-9-21(24)25(18)19;1-2;/h2-11,20,24H,12-17H2,1H3,(H,30,34);1-2H3;1H2. The van der Waals surface area contributed by atoms with Gasteiger partial charge in [-0.25, -0.2) is 4.79 Å². The van der Waals surface area contributed by atoms with E-state index in [4.69, 9.17) is 11.6 Å². The van der Waals surface area contributed by atoms with Crippen LogP contribution in [0.1, 0.15) is 49.4 Å². The summed E-state index contributed by atoms with van der Waals surface area (Å²) in [6.45, 7) is 5.82. The molecule has 0 saturated carbocycles. The quantitative estimate of drug-likeness (QED) is 0.410. The van der Waals surface area contributed by atoms with Crippen LogP contribution in [0, 0.1) is 0 Å². The Hall–Kier alpha value is -2.74. The molecule has 6 nitrogen and oxygen atoms in total. The summed E-state index contributed by atoms with van der Waals surface area (Å²) >= 11 is 6.92. The van der Waals surface area contributed by atoms with Crippen LogP contribution in [-0.2, 0) is 20.8 Å². The number of fused-ring (bicyclic) bond motifs is 1. The van der Waals surface area contributed by atoms with Crippen LogP contribution in [0.25, 0.3) is 10.8 Å². The molecule has 0 bridgehead atoms. The number of methoxy groups -OCH3 is 1. The molecule has 2 aliphatic heterocycles. The predicted octanol–water partition coefficient (Wildman–Crippen LogP) is 5.88. The maximum absolute atomic E-state index is 13.7. The van der Waals surface area contributed by atoms with Gasteiger partial charge in [-0.15, -0.1) is 11.6 Å². The molecule has 3 aromatic rings. The van der Waals surface area contributed by atoms with Gasteiger partial charge < -0.3 is 15.0 Å². The molecule has 2 heterocycles. The number of ether oxygens (including phenoxy) is 1. The summed E-state index contributed by atoms with van der Waals surface area (Å²) in [5.74, 6) is -0.173. The Morgan fingerprint density at radius 2 is 1.74 bits per heavy atom. The number of likely N-dealkylation sites (tertiary alicyclic amines) is 1. The first kappa shape index (κ1) is 28.3. The maximum Gasteiger partial charge on any atom is 0.406 e. The Morgan fingerprint density at radius 3 is 2.45 bits per heavy atom. The maximum atomic E-state index is 13.7. The van der Waals surface area contributed by atoms with E-state index in [0.717, 1.165) is 43.6 Å². The Labute approximate surface area is 236 Å². The van der Waals surface area contributed by atoms with Crippen molar-refractivity contribution < 1.29 is 14.3 Å². The van der Waals surface area contributed by atoms with Gasteiger partial charge >= 0.3 is 6.09 Å². The van der Waals surface area contributed by atoms with Crippen molar-refractivity contribution in [2.75, 3.05) is 31.6 Å². The predicted molar refractivity (Wildman–Crippen MR) is 159 cm³/mol. The number of piperidine rings is 1. The fourth-order valence-electron chi connectivity index (χ4n) is 6.23. The average Bonchev–Trinajstić information content (AvgIpc) is 3.43. The molecule has 8 heteroatoms. The van der Waals surface area contributed by atoms with Gasteiger partial charge in [0.2, 0.25) is 0 Å². The highest BCUT2D eigenvalue weighted by atomic mass is 35.5. The van der Waals surface area contributed by atoms with Crippen molar-refractivity contribution in [3.05, 3.63) is 77.4 Å². The molecule has 0 aromatic heterocycles. The molecule has 2 unspecified atom stereocenters. The monoisotopic (exact) mass is 553 g/mol. The molecular weight excluding hydrogens is 518 g/mol. The minimum absolute atomic E-state index is 0. The van der Waals surface area contributed by atoms with Crippen molar-refractivity contribution in [2.45, 2.75) is 50.1 Å². The van der Waals surface area contributed by atoms with Crippen LogP contribution in [0.2, 0.25) is 0 Å². The fraction of sp³-hybridized carbons (Fsp3) is 0.400. The lowest BCUT2D eigenvalue weighted by Gasteiger charge is -2.40. The van der Waals surface area contributed by atoms with Crippen molar-refractivity contribution in [2.24, 2.45) is 0 Å². The van der Waals surface area contributed by atoms with Gasteiger partial charge in [0.15, 0.2) is 4.87 Å². The van der Waals surface area contributed by atoms with Gasteiger partial charge in [0.05, 0.1) is 13.7 Å². The number of halogens is 1. The van der Waals surface area contributed by atoms with E-state index in [0.29, 0.717) is 6.04 Å². The Morgan fingerprint density at radius 1 is 1.05 bits per heavy atom. The van der Waals surface area contributed by atoms with Crippen molar-refractivity contribution in [1.82, 2.24) is 10.2 Å². The lowest BCUT2D eigenvalue weighted by molar-refractivity contribution is -0.121. The fourth-order valence-corrected chi connectivity index (χ4v) is 6.55. The number of amides is 2. The van der Waals surface area contributed by atoms with E-state index in [1.54, 1.807) is 0 Å². The van der Waals surface area contributed by atoms with Gasteiger partial charge in [-0.3, -0.25) is 9.69 Å². The molecule has 202 valence electrons. The van der Waals surface area contributed by atoms with Crippen LogP contribution in [-0.4, -0.2) is 49.7 Å². The SMILES string of the molecule is CC.COC(=O)NCC1(Cl)C(=O)N(C2CCN(C3Cc4cccc5cccc3c45)CC2)c2ccccc21.S. The minimum atomic E-state index is -1.33. The van der Waals surface area contributed by atoms with E-state index in [9.17, 15) is 9.59 Å². The first-order valence-corrected chi connectivity index (χ1v) is 13.6. The smallest absolute Gasteiger partial charge is 0.406 e. The summed E-state index contributed by atoms with van der Waals surface area (Å²) in [5, 5.41) is 5.35. The van der Waals surface area contributed by atoms with Crippen LogP contribution in [0.3, 0.4) is 0 Å². The number of carbonyl (C=O) groups excluding carboxylic acids is 2. The molecule has 2 amide bonds.